The molecule has 1 rings (SSSR count). The second-order valence-corrected chi connectivity index (χ2v) is 4.49. The van der Waals surface area contributed by atoms with Gasteiger partial charge in [-0.1, -0.05) is 6.08 Å². The van der Waals surface area contributed by atoms with E-state index >= 15 is 0 Å². The van der Waals surface area contributed by atoms with Crippen molar-refractivity contribution in [2.24, 2.45) is 0 Å². The molecule has 1 amide bonds. The molecular formula is C15H16F3NO3. The predicted octanol–water partition coefficient (Wildman–Crippen LogP) is 2.94. The van der Waals surface area contributed by atoms with E-state index in [-0.39, 0.29) is 5.56 Å². The molecule has 0 radical (unpaired) electrons. The van der Waals surface area contributed by atoms with E-state index in [1.807, 2.05) is 0 Å². The summed E-state index contributed by atoms with van der Waals surface area (Å²) in [7, 11) is 1.19. The molecule has 0 aliphatic carbocycles. The Kier molecular flexibility index (Phi) is 6.15. The van der Waals surface area contributed by atoms with Crippen molar-refractivity contribution >= 4 is 11.9 Å². The minimum Gasteiger partial charge on any atom is -0.467 e. The van der Waals surface area contributed by atoms with Gasteiger partial charge in [0.15, 0.2) is 0 Å². The number of esters is 1. The number of carbonyl (C=O) groups excluding carboxylic acids is 2. The van der Waals surface area contributed by atoms with Crippen molar-refractivity contribution in [3.63, 3.8) is 0 Å². The molecule has 0 aliphatic rings. The number of rotatable bonds is 6. The van der Waals surface area contributed by atoms with Crippen LogP contribution in [0.4, 0.5) is 13.2 Å². The van der Waals surface area contributed by atoms with Gasteiger partial charge in [0.2, 0.25) is 0 Å². The number of nitrogens with one attached hydrogen (secondary N) is 1. The first-order valence-electron chi connectivity index (χ1n) is 6.46. The van der Waals surface area contributed by atoms with Gasteiger partial charge in [0.1, 0.15) is 6.04 Å². The SMILES string of the molecule is C=CCC[C@H](NC(=O)c1ccc(C(F)(F)F)cc1)C(=O)OC. The monoisotopic (exact) mass is 315 g/mol. The zero-order valence-corrected chi connectivity index (χ0v) is 11.9. The van der Waals surface area contributed by atoms with Gasteiger partial charge in [-0.25, -0.2) is 4.79 Å². The lowest BCUT2D eigenvalue weighted by Crippen LogP contribution is -2.41. The van der Waals surface area contributed by atoms with E-state index in [2.05, 4.69) is 16.6 Å². The third kappa shape index (κ3) is 4.91. The van der Waals surface area contributed by atoms with E-state index in [0.717, 1.165) is 24.3 Å². The van der Waals surface area contributed by atoms with E-state index in [1.165, 1.54) is 7.11 Å². The third-order valence-electron chi connectivity index (χ3n) is 2.92. The van der Waals surface area contributed by atoms with Crippen LogP contribution in [0.5, 0.6) is 0 Å². The number of carbonyl (C=O) groups is 2. The van der Waals surface area contributed by atoms with E-state index in [4.69, 9.17) is 0 Å². The van der Waals surface area contributed by atoms with Gasteiger partial charge in [-0.3, -0.25) is 4.79 Å². The second-order valence-electron chi connectivity index (χ2n) is 4.49. The predicted molar refractivity (Wildman–Crippen MR) is 74.1 cm³/mol. The summed E-state index contributed by atoms with van der Waals surface area (Å²) in [6.07, 6.45) is -2.11. The topological polar surface area (TPSA) is 55.4 Å². The number of halogens is 3. The third-order valence-corrected chi connectivity index (χ3v) is 2.92. The van der Waals surface area contributed by atoms with Crippen molar-refractivity contribution in [2.75, 3.05) is 7.11 Å². The molecule has 0 spiro atoms. The highest BCUT2D eigenvalue weighted by Gasteiger charge is 2.30. The minimum atomic E-state index is -4.46. The summed E-state index contributed by atoms with van der Waals surface area (Å²) in [5.74, 6) is -1.27. The van der Waals surface area contributed by atoms with Crippen molar-refractivity contribution < 1.29 is 27.5 Å². The van der Waals surface area contributed by atoms with E-state index in [9.17, 15) is 22.8 Å². The van der Waals surface area contributed by atoms with Gasteiger partial charge in [0.05, 0.1) is 12.7 Å². The molecule has 0 bridgehead atoms. The van der Waals surface area contributed by atoms with Crippen molar-refractivity contribution in [3.05, 3.63) is 48.0 Å². The molecule has 1 N–H and O–H groups in total. The number of benzene rings is 1. The van der Waals surface area contributed by atoms with Crippen LogP contribution in [0, 0.1) is 0 Å². The molecule has 0 saturated carbocycles. The molecule has 0 fully saturated rings. The molecule has 22 heavy (non-hydrogen) atoms. The van der Waals surface area contributed by atoms with Crippen molar-refractivity contribution in [2.45, 2.75) is 25.1 Å². The minimum absolute atomic E-state index is 0.0282. The molecule has 0 saturated heterocycles. The van der Waals surface area contributed by atoms with Gasteiger partial charge in [-0.05, 0) is 37.1 Å². The molecule has 120 valence electrons. The van der Waals surface area contributed by atoms with Crippen LogP contribution in [0.3, 0.4) is 0 Å². The summed E-state index contributed by atoms with van der Waals surface area (Å²) in [6, 6.07) is 2.86. The van der Waals surface area contributed by atoms with Gasteiger partial charge >= 0.3 is 12.1 Å². The Bertz CT molecular complexity index is 538. The number of allylic oxidation sites excluding steroid dienone is 1. The maximum absolute atomic E-state index is 12.5. The van der Waals surface area contributed by atoms with Crippen LogP contribution in [0.1, 0.15) is 28.8 Å². The number of methoxy groups -OCH3 is 1. The van der Waals surface area contributed by atoms with Crippen LogP contribution in [-0.2, 0) is 15.7 Å². The van der Waals surface area contributed by atoms with Crippen molar-refractivity contribution in [3.8, 4) is 0 Å². The summed E-state index contributed by atoms with van der Waals surface area (Å²) < 4.78 is 41.9. The van der Waals surface area contributed by atoms with Gasteiger partial charge in [0.25, 0.3) is 5.91 Å². The van der Waals surface area contributed by atoms with E-state index in [1.54, 1.807) is 6.08 Å². The van der Waals surface area contributed by atoms with E-state index in [0.29, 0.717) is 12.8 Å². The number of hydrogen-bond donors (Lipinski definition) is 1. The Morgan fingerprint density at radius 1 is 1.32 bits per heavy atom. The van der Waals surface area contributed by atoms with Gasteiger partial charge < -0.3 is 10.1 Å². The zero-order chi connectivity index (χ0) is 16.8. The molecule has 7 heteroatoms. The van der Waals surface area contributed by atoms with Gasteiger partial charge in [0, 0.05) is 5.56 Å². The lowest BCUT2D eigenvalue weighted by atomic mass is 10.1. The average Bonchev–Trinajstić information content (AvgIpc) is 2.49. The quantitative estimate of drug-likeness (QED) is 0.648. The van der Waals surface area contributed by atoms with Crippen molar-refractivity contribution in [1.82, 2.24) is 5.32 Å². The Hall–Kier alpha value is -2.31. The fourth-order valence-electron chi connectivity index (χ4n) is 1.73. The first kappa shape index (κ1) is 17.7. The average molecular weight is 315 g/mol. The summed E-state index contributed by atoms with van der Waals surface area (Å²) in [4.78, 5) is 23.5. The number of amides is 1. The van der Waals surface area contributed by atoms with Gasteiger partial charge in [-0.15, -0.1) is 6.58 Å². The summed E-state index contributed by atoms with van der Waals surface area (Å²) in [6.45, 7) is 3.52. The molecule has 0 aliphatic heterocycles. The fraction of sp³-hybridized carbons (Fsp3) is 0.333. The normalized spacial score (nSPS) is 12.4. The first-order chi connectivity index (χ1) is 10.3. The van der Waals surface area contributed by atoms with Crippen LogP contribution < -0.4 is 5.32 Å². The van der Waals surface area contributed by atoms with Crippen LogP contribution in [0.25, 0.3) is 0 Å². The highest BCUT2D eigenvalue weighted by molar-refractivity contribution is 5.96. The van der Waals surface area contributed by atoms with Crippen LogP contribution in [-0.4, -0.2) is 25.0 Å². The lowest BCUT2D eigenvalue weighted by Gasteiger charge is -2.16. The summed E-state index contributed by atoms with van der Waals surface area (Å²) >= 11 is 0. The summed E-state index contributed by atoms with van der Waals surface area (Å²) in [5, 5.41) is 2.43. The molecule has 1 aromatic rings. The number of ether oxygens (including phenoxy) is 1. The maximum Gasteiger partial charge on any atom is 0.416 e. The Morgan fingerprint density at radius 2 is 1.91 bits per heavy atom. The Labute approximate surface area is 126 Å². The Balaban J connectivity index is 2.81. The standard InChI is InChI=1S/C15H16F3NO3/c1-3-4-5-12(14(21)22-2)19-13(20)10-6-8-11(9-7-10)15(16,17)18/h3,6-9,12H,1,4-5H2,2H3,(H,19,20)/t12-/m0/s1. The molecular weight excluding hydrogens is 299 g/mol. The highest BCUT2D eigenvalue weighted by Crippen LogP contribution is 2.29. The first-order valence-corrected chi connectivity index (χ1v) is 6.46. The maximum atomic E-state index is 12.5. The Morgan fingerprint density at radius 3 is 2.36 bits per heavy atom. The van der Waals surface area contributed by atoms with Gasteiger partial charge in [-0.2, -0.15) is 13.2 Å². The lowest BCUT2D eigenvalue weighted by molar-refractivity contribution is -0.143. The fourth-order valence-corrected chi connectivity index (χ4v) is 1.73. The number of alkyl halides is 3. The molecule has 1 atom stereocenters. The molecule has 0 aromatic heterocycles. The molecule has 0 unspecified atom stereocenters. The molecule has 0 heterocycles. The number of hydrogen-bond acceptors (Lipinski definition) is 3. The molecule has 1 aromatic carbocycles. The van der Waals surface area contributed by atoms with E-state index < -0.39 is 29.7 Å². The smallest absolute Gasteiger partial charge is 0.416 e. The van der Waals surface area contributed by atoms with Crippen LogP contribution in [0.15, 0.2) is 36.9 Å². The zero-order valence-electron chi connectivity index (χ0n) is 11.9. The molecule has 4 nitrogen and oxygen atoms in total. The summed E-state index contributed by atoms with van der Waals surface area (Å²) in [5.41, 5.74) is -0.819. The highest BCUT2D eigenvalue weighted by atomic mass is 19.4. The second kappa shape index (κ2) is 7.63. The van der Waals surface area contributed by atoms with Crippen molar-refractivity contribution in [1.29, 1.82) is 0 Å². The van der Waals surface area contributed by atoms with Crippen LogP contribution >= 0.6 is 0 Å². The largest absolute Gasteiger partial charge is 0.467 e. The van der Waals surface area contributed by atoms with Crippen LogP contribution in [0.2, 0.25) is 0 Å².